The van der Waals surface area contributed by atoms with E-state index in [1.807, 2.05) is 0 Å². The summed E-state index contributed by atoms with van der Waals surface area (Å²) >= 11 is 5.69. The Balaban J connectivity index is 2.66. The standard InChI is InChI=1S/C10H11ClFNO2/c1-6(10(14)15)13-5-7-3-2-4-8(12)9(7)11/h2-4,6,13H,5H2,1H3,(H,14,15)/t6-/m0/s1. The Bertz CT molecular complexity index is 370. The van der Waals surface area contributed by atoms with E-state index in [2.05, 4.69) is 5.32 Å². The first kappa shape index (κ1) is 11.9. The lowest BCUT2D eigenvalue weighted by molar-refractivity contribution is -0.139. The van der Waals surface area contributed by atoms with Crippen molar-refractivity contribution in [1.29, 1.82) is 0 Å². The molecule has 0 amide bonds. The van der Waals surface area contributed by atoms with Crippen molar-refractivity contribution in [2.45, 2.75) is 19.5 Å². The van der Waals surface area contributed by atoms with E-state index in [0.717, 1.165) is 0 Å². The molecule has 1 aromatic rings. The van der Waals surface area contributed by atoms with Crippen LogP contribution in [0, 0.1) is 5.82 Å². The van der Waals surface area contributed by atoms with Gasteiger partial charge in [0.15, 0.2) is 0 Å². The van der Waals surface area contributed by atoms with Crippen molar-refractivity contribution in [2.75, 3.05) is 0 Å². The molecule has 3 nitrogen and oxygen atoms in total. The second-order valence-corrected chi connectivity index (χ2v) is 3.53. The predicted molar refractivity (Wildman–Crippen MR) is 55.3 cm³/mol. The molecule has 82 valence electrons. The minimum Gasteiger partial charge on any atom is -0.480 e. The monoisotopic (exact) mass is 231 g/mol. The number of nitrogens with one attached hydrogen (secondary N) is 1. The zero-order valence-electron chi connectivity index (χ0n) is 8.13. The minimum absolute atomic E-state index is 0.0302. The second kappa shape index (κ2) is 5.09. The van der Waals surface area contributed by atoms with Crippen LogP contribution in [-0.2, 0) is 11.3 Å². The molecule has 0 radical (unpaired) electrons. The van der Waals surface area contributed by atoms with Gasteiger partial charge in [-0.05, 0) is 18.6 Å². The van der Waals surface area contributed by atoms with Crippen LogP contribution >= 0.6 is 11.6 Å². The molecule has 0 aliphatic heterocycles. The maximum Gasteiger partial charge on any atom is 0.320 e. The summed E-state index contributed by atoms with van der Waals surface area (Å²) in [5.41, 5.74) is 0.546. The molecule has 0 heterocycles. The number of halogens is 2. The summed E-state index contributed by atoms with van der Waals surface area (Å²) in [5.74, 6) is -1.46. The fraction of sp³-hybridized carbons (Fsp3) is 0.300. The van der Waals surface area contributed by atoms with E-state index in [0.29, 0.717) is 5.56 Å². The Labute approximate surface area is 91.9 Å². The SMILES string of the molecule is C[C@H](NCc1cccc(F)c1Cl)C(=O)O. The van der Waals surface area contributed by atoms with Gasteiger partial charge in [0.2, 0.25) is 0 Å². The van der Waals surface area contributed by atoms with Crippen molar-refractivity contribution in [1.82, 2.24) is 5.32 Å². The van der Waals surface area contributed by atoms with Crippen LogP contribution in [-0.4, -0.2) is 17.1 Å². The lowest BCUT2D eigenvalue weighted by Gasteiger charge is -2.10. The normalized spacial score (nSPS) is 12.5. The van der Waals surface area contributed by atoms with Gasteiger partial charge in [-0.25, -0.2) is 4.39 Å². The summed E-state index contributed by atoms with van der Waals surface area (Å²) < 4.78 is 13.0. The largest absolute Gasteiger partial charge is 0.480 e. The molecule has 0 aromatic heterocycles. The van der Waals surface area contributed by atoms with Crippen molar-refractivity contribution in [2.24, 2.45) is 0 Å². The smallest absolute Gasteiger partial charge is 0.320 e. The number of carbonyl (C=O) groups is 1. The molecular weight excluding hydrogens is 221 g/mol. The van der Waals surface area contributed by atoms with E-state index < -0.39 is 17.8 Å². The lowest BCUT2D eigenvalue weighted by Crippen LogP contribution is -2.33. The molecule has 1 aromatic carbocycles. The summed E-state index contributed by atoms with van der Waals surface area (Å²) in [6, 6.07) is 3.74. The van der Waals surface area contributed by atoms with Gasteiger partial charge in [-0.15, -0.1) is 0 Å². The van der Waals surface area contributed by atoms with Gasteiger partial charge in [0.05, 0.1) is 5.02 Å². The first-order valence-corrected chi connectivity index (χ1v) is 4.79. The molecule has 0 saturated heterocycles. The van der Waals surface area contributed by atoms with Crippen LogP contribution in [0.5, 0.6) is 0 Å². The fourth-order valence-corrected chi connectivity index (χ4v) is 1.23. The van der Waals surface area contributed by atoms with Crippen molar-refractivity contribution >= 4 is 17.6 Å². The first-order valence-electron chi connectivity index (χ1n) is 4.41. The lowest BCUT2D eigenvalue weighted by atomic mass is 10.2. The predicted octanol–water partition coefficient (Wildman–Crippen LogP) is 2.04. The summed E-state index contributed by atoms with van der Waals surface area (Å²) in [4.78, 5) is 10.5. The van der Waals surface area contributed by atoms with E-state index in [-0.39, 0.29) is 11.6 Å². The molecule has 0 aliphatic rings. The molecule has 0 saturated carbocycles. The Morgan fingerprint density at radius 3 is 2.93 bits per heavy atom. The van der Waals surface area contributed by atoms with Crippen LogP contribution in [0.15, 0.2) is 18.2 Å². The van der Waals surface area contributed by atoms with Crippen molar-refractivity contribution in [3.8, 4) is 0 Å². The maximum atomic E-state index is 13.0. The van der Waals surface area contributed by atoms with E-state index in [1.165, 1.54) is 19.1 Å². The number of hydrogen-bond acceptors (Lipinski definition) is 2. The van der Waals surface area contributed by atoms with Crippen LogP contribution in [0.2, 0.25) is 5.02 Å². The highest BCUT2D eigenvalue weighted by atomic mass is 35.5. The second-order valence-electron chi connectivity index (χ2n) is 3.15. The third-order valence-corrected chi connectivity index (χ3v) is 2.42. The fourth-order valence-electron chi connectivity index (χ4n) is 1.04. The molecule has 15 heavy (non-hydrogen) atoms. The molecule has 0 fully saturated rings. The molecule has 2 N–H and O–H groups in total. The van der Waals surface area contributed by atoms with Gasteiger partial charge >= 0.3 is 5.97 Å². The Morgan fingerprint density at radius 2 is 2.33 bits per heavy atom. The summed E-state index contributed by atoms with van der Waals surface area (Å²) in [7, 11) is 0. The zero-order valence-corrected chi connectivity index (χ0v) is 8.88. The molecule has 0 bridgehead atoms. The molecular formula is C10H11ClFNO2. The quantitative estimate of drug-likeness (QED) is 0.834. The highest BCUT2D eigenvalue weighted by Crippen LogP contribution is 2.19. The third kappa shape index (κ3) is 3.18. The van der Waals surface area contributed by atoms with Gasteiger partial charge in [-0.3, -0.25) is 4.79 Å². The van der Waals surface area contributed by atoms with Crippen molar-refractivity contribution in [3.63, 3.8) is 0 Å². The topological polar surface area (TPSA) is 49.3 Å². The summed E-state index contributed by atoms with van der Waals surface area (Å²) in [5, 5.41) is 11.4. The van der Waals surface area contributed by atoms with E-state index in [1.54, 1.807) is 6.07 Å². The van der Waals surface area contributed by atoms with Gasteiger partial charge in [-0.2, -0.15) is 0 Å². The maximum absolute atomic E-state index is 13.0. The number of aliphatic carboxylic acids is 1. The van der Waals surface area contributed by atoms with Gasteiger partial charge in [-0.1, -0.05) is 23.7 Å². The highest BCUT2D eigenvalue weighted by Gasteiger charge is 2.11. The van der Waals surface area contributed by atoms with Gasteiger partial charge in [0.1, 0.15) is 11.9 Å². The van der Waals surface area contributed by atoms with E-state index >= 15 is 0 Å². The molecule has 0 aliphatic carbocycles. The van der Waals surface area contributed by atoms with Gasteiger partial charge in [0.25, 0.3) is 0 Å². The van der Waals surface area contributed by atoms with Gasteiger partial charge in [0, 0.05) is 6.54 Å². The third-order valence-electron chi connectivity index (χ3n) is 2.00. The average molecular weight is 232 g/mol. The number of carboxylic acid groups (broad SMARTS) is 1. The highest BCUT2D eigenvalue weighted by molar-refractivity contribution is 6.31. The number of benzene rings is 1. The van der Waals surface area contributed by atoms with Crippen molar-refractivity contribution in [3.05, 3.63) is 34.6 Å². The van der Waals surface area contributed by atoms with E-state index in [9.17, 15) is 9.18 Å². The summed E-state index contributed by atoms with van der Waals surface area (Å²) in [6.07, 6.45) is 0. The average Bonchev–Trinajstić information content (AvgIpc) is 2.19. The minimum atomic E-state index is -0.956. The molecule has 1 rings (SSSR count). The molecule has 0 unspecified atom stereocenters. The number of hydrogen-bond donors (Lipinski definition) is 2. The van der Waals surface area contributed by atoms with Crippen LogP contribution < -0.4 is 5.32 Å². The van der Waals surface area contributed by atoms with Crippen LogP contribution in [0.1, 0.15) is 12.5 Å². The Morgan fingerprint density at radius 1 is 1.67 bits per heavy atom. The molecule has 0 spiro atoms. The Kier molecular flexibility index (Phi) is 4.05. The number of rotatable bonds is 4. The van der Waals surface area contributed by atoms with Gasteiger partial charge < -0.3 is 10.4 Å². The zero-order chi connectivity index (χ0) is 11.4. The van der Waals surface area contributed by atoms with Crippen LogP contribution in [0.4, 0.5) is 4.39 Å². The van der Waals surface area contributed by atoms with Crippen LogP contribution in [0.3, 0.4) is 0 Å². The van der Waals surface area contributed by atoms with Crippen molar-refractivity contribution < 1.29 is 14.3 Å². The Hall–Kier alpha value is -1.13. The van der Waals surface area contributed by atoms with Crippen LogP contribution in [0.25, 0.3) is 0 Å². The first-order chi connectivity index (χ1) is 7.02. The number of carboxylic acids is 1. The summed E-state index contributed by atoms with van der Waals surface area (Å²) in [6.45, 7) is 1.74. The molecule has 5 heteroatoms. The van der Waals surface area contributed by atoms with E-state index in [4.69, 9.17) is 16.7 Å². The molecule has 1 atom stereocenters.